The molecule has 10 nitrogen and oxygen atoms in total. The van der Waals surface area contributed by atoms with Gasteiger partial charge in [-0.2, -0.15) is 0 Å². The van der Waals surface area contributed by atoms with Crippen LogP contribution in [0.1, 0.15) is 36.8 Å². The standard InChI is InChI=1S/C35H37Cl2N5O5/c1-38-9-12-42-20-23(32-33(36)30(45-3)18-31(46-4)34(32)37)14-22-19-39-25(16-27(22)42)24-15-26(40-21-43)28(17-29(24)44-2)41-10-7-35(8-11-41)6-5-13-47-35/h9,12,14-19,21H,1,5-8,10-11,13,20H2,2-4H3,(H,40,43)/b12-9-. The highest BCUT2D eigenvalue weighted by Gasteiger charge is 2.39. The van der Waals surface area contributed by atoms with Crippen LogP contribution in [0, 0.1) is 0 Å². The number of pyridine rings is 1. The number of methoxy groups -OCH3 is 3. The van der Waals surface area contributed by atoms with Crippen LogP contribution in [0.25, 0.3) is 22.9 Å². The average Bonchev–Trinajstić information content (AvgIpc) is 3.55. The van der Waals surface area contributed by atoms with Gasteiger partial charge in [-0.15, -0.1) is 0 Å². The van der Waals surface area contributed by atoms with Gasteiger partial charge in [-0.3, -0.25) is 14.8 Å². The second-order valence-electron chi connectivity index (χ2n) is 11.6. The van der Waals surface area contributed by atoms with Crippen molar-refractivity contribution >= 4 is 65.0 Å². The Bertz CT molecular complexity index is 1720. The highest BCUT2D eigenvalue weighted by atomic mass is 35.5. The Morgan fingerprint density at radius 2 is 1.72 bits per heavy atom. The highest BCUT2D eigenvalue weighted by Crippen LogP contribution is 2.47. The van der Waals surface area contributed by atoms with Crippen LogP contribution in [0.3, 0.4) is 0 Å². The van der Waals surface area contributed by atoms with Gasteiger partial charge < -0.3 is 34.1 Å². The Balaban J connectivity index is 1.41. The lowest BCUT2D eigenvalue weighted by Gasteiger charge is -2.40. The molecule has 1 aromatic heterocycles. The predicted octanol–water partition coefficient (Wildman–Crippen LogP) is 7.33. The number of carbonyl (C=O) groups excluding carboxylic acids is 1. The van der Waals surface area contributed by atoms with Crippen LogP contribution >= 0.6 is 23.2 Å². The molecule has 0 bridgehead atoms. The Hall–Kier alpha value is -4.25. The molecule has 0 aliphatic carbocycles. The summed E-state index contributed by atoms with van der Waals surface area (Å²) in [5.41, 5.74) is 6.11. The van der Waals surface area contributed by atoms with Crippen molar-refractivity contribution in [1.29, 1.82) is 0 Å². The minimum atomic E-state index is -0.0170. The average molecular weight is 679 g/mol. The summed E-state index contributed by atoms with van der Waals surface area (Å²) < 4.78 is 23.1. The number of amides is 1. The molecule has 12 heteroatoms. The summed E-state index contributed by atoms with van der Waals surface area (Å²) in [6.45, 7) is 6.50. The van der Waals surface area contributed by atoms with Crippen molar-refractivity contribution in [1.82, 2.24) is 4.98 Å². The van der Waals surface area contributed by atoms with Crippen LogP contribution in [0.15, 0.2) is 47.9 Å². The smallest absolute Gasteiger partial charge is 0.211 e. The van der Waals surface area contributed by atoms with Crippen LogP contribution < -0.4 is 29.3 Å². The maximum absolute atomic E-state index is 11.8. The van der Waals surface area contributed by atoms with Crippen LogP contribution in [-0.2, 0) is 9.53 Å². The van der Waals surface area contributed by atoms with Gasteiger partial charge in [-0.25, -0.2) is 0 Å². The molecule has 246 valence electrons. The van der Waals surface area contributed by atoms with Crippen molar-refractivity contribution < 1.29 is 23.7 Å². The summed E-state index contributed by atoms with van der Waals surface area (Å²) >= 11 is 13.6. The number of carbonyl (C=O) groups is 1. The van der Waals surface area contributed by atoms with Crippen molar-refractivity contribution in [3.05, 3.63) is 64.0 Å². The molecule has 1 N–H and O–H groups in total. The lowest BCUT2D eigenvalue weighted by molar-refractivity contribution is -0.105. The largest absolute Gasteiger partial charge is 0.496 e. The number of aliphatic imine (C=N–C) groups is 1. The number of piperidine rings is 1. The van der Waals surface area contributed by atoms with E-state index in [-0.39, 0.29) is 5.60 Å². The van der Waals surface area contributed by atoms with E-state index in [2.05, 4.69) is 21.9 Å². The minimum Gasteiger partial charge on any atom is -0.496 e. The van der Waals surface area contributed by atoms with E-state index in [1.807, 2.05) is 35.4 Å². The summed E-state index contributed by atoms with van der Waals surface area (Å²) in [5.74, 6) is 1.54. The van der Waals surface area contributed by atoms with E-state index in [4.69, 9.17) is 47.1 Å². The number of benzene rings is 2. The van der Waals surface area contributed by atoms with E-state index in [1.54, 1.807) is 39.8 Å². The van der Waals surface area contributed by atoms with Crippen molar-refractivity contribution in [2.24, 2.45) is 4.99 Å². The normalized spacial score (nSPS) is 17.0. The molecular formula is C35H37Cl2N5O5. The summed E-state index contributed by atoms with van der Waals surface area (Å²) in [6, 6.07) is 7.55. The van der Waals surface area contributed by atoms with Crippen LogP contribution in [0.2, 0.25) is 10.0 Å². The predicted molar refractivity (Wildman–Crippen MR) is 189 cm³/mol. The number of anilines is 3. The molecule has 4 heterocycles. The van der Waals surface area contributed by atoms with Crippen LogP contribution in [-0.4, -0.2) is 71.3 Å². The molecule has 0 unspecified atom stereocenters. The van der Waals surface area contributed by atoms with Gasteiger partial charge >= 0.3 is 0 Å². The molecule has 3 aliphatic heterocycles. The van der Waals surface area contributed by atoms with Crippen molar-refractivity contribution in [3.63, 3.8) is 0 Å². The highest BCUT2D eigenvalue weighted by molar-refractivity contribution is 6.40. The molecule has 0 radical (unpaired) electrons. The third-order valence-corrected chi connectivity index (χ3v) is 9.90. The van der Waals surface area contributed by atoms with Crippen molar-refractivity contribution in [2.75, 3.05) is 62.7 Å². The third-order valence-electron chi connectivity index (χ3n) is 9.15. The maximum Gasteiger partial charge on any atom is 0.211 e. The number of hydrogen-bond acceptors (Lipinski definition) is 9. The van der Waals surface area contributed by atoms with E-state index >= 15 is 0 Å². The number of ether oxygens (including phenoxy) is 4. The molecule has 2 saturated heterocycles. The Kier molecular flexibility index (Phi) is 9.63. The van der Waals surface area contributed by atoms with Gasteiger partial charge in [0.2, 0.25) is 6.41 Å². The summed E-state index contributed by atoms with van der Waals surface area (Å²) in [7, 11) is 4.73. The molecule has 1 spiro atoms. The quantitative estimate of drug-likeness (QED) is 0.176. The topological polar surface area (TPSA) is 97.8 Å². The molecule has 1 amide bonds. The molecule has 0 saturated carbocycles. The van der Waals surface area contributed by atoms with E-state index in [0.29, 0.717) is 57.2 Å². The molecule has 2 fully saturated rings. The fourth-order valence-corrected chi connectivity index (χ4v) is 7.47. The Morgan fingerprint density at radius 1 is 1.00 bits per heavy atom. The van der Waals surface area contributed by atoms with Gasteiger partial charge in [-0.1, -0.05) is 23.2 Å². The molecule has 6 rings (SSSR count). The second-order valence-corrected chi connectivity index (χ2v) is 12.4. The van der Waals surface area contributed by atoms with Crippen molar-refractivity contribution in [2.45, 2.75) is 31.3 Å². The zero-order chi connectivity index (χ0) is 33.1. The molecule has 3 aliphatic rings. The fraction of sp³-hybridized carbons (Fsp3) is 0.343. The van der Waals surface area contributed by atoms with Crippen LogP contribution in [0.5, 0.6) is 17.2 Å². The molecular weight excluding hydrogens is 641 g/mol. The molecule has 2 aromatic carbocycles. The first-order valence-corrected chi connectivity index (χ1v) is 16.1. The first-order valence-electron chi connectivity index (χ1n) is 15.4. The fourth-order valence-electron chi connectivity index (χ4n) is 6.73. The number of aromatic nitrogens is 1. The zero-order valence-electron chi connectivity index (χ0n) is 26.6. The van der Waals surface area contributed by atoms with Gasteiger partial charge in [0, 0.05) is 73.7 Å². The third kappa shape index (κ3) is 6.25. The zero-order valence-corrected chi connectivity index (χ0v) is 28.2. The van der Waals surface area contributed by atoms with Gasteiger partial charge in [-0.05, 0) is 56.2 Å². The van der Waals surface area contributed by atoms with E-state index in [9.17, 15) is 4.79 Å². The number of halogens is 2. The lowest BCUT2D eigenvalue weighted by atomic mass is 9.88. The monoisotopic (exact) mass is 677 g/mol. The summed E-state index contributed by atoms with van der Waals surface area (Å²) in [5, 5.41) is 3.67. The van der Waals surface area contributed by atoms with Gasteiger partial charge in [0.15, 0.2) is 0 Å². The number of hydrogen-bond donors (Lipinski definition) is 1. The van der Waals surface area contributed by atoms with Crippen LogP contribution in [0.4, 0.5) is 17.1 Å². The minimum absolute atomic E-state index is 0.0170. The van der Waals surface area contributed by atoms with E-state index in [1.165, 1.54) is 0 Å². The lowest BCUT2D eigenvalue weighted by Crippen LogP contribution is -2.44. The van der Waals surface area contributed by atoms with E-state index in [0.717, 1.165) is 73.5 Å². The number of fused-ring (bicyclic) bond motifs is 1. The Labute approximate surface area is 284 Å². The Morgan fingerprint density at radius 3 is 2.34 bits per heavy atom. The molecule has 0 atom stereocenters. The molecule has 3 aromatic rings. The summed E-state index contributed by atoms with van der Waals surface area (Å²) in [4.78, 5) is 24.8. The number of nitrogens with one attached hydrogen (secondary N) is 1. The molecule has 47 heavy (non-hydrogen) atoms. The van der Waals surface area contributed by atoms with Gasteiger partial charge in [0.05, 0.1) is 59.7 Å². The first kappa shape index (κ1) is 32.7. The van der Waals surface area contributed by atoms with Crippen molar-refractivity contribution in [3.8, 4) is 28.5 Å². The maximum atomic E-state index is 11.8. The van der Waals surface area contributed by atoms with Gasteiger partial charge in [0.1, 0.15) is 17.2 Å². The summed E-state index contributed by atoms with van der Waals surface area (Å²) in [6.07, 6.45) is 12.0. The first-order chi connectivity index (χ1) is 22.8. The van der Waals surface area contributed by atoms with Gasteiger partial charge in [0.25, 0.3) is 0 Å². The second kappa shape index (κ2) is 13.9. The van der Waals surface area contributed by atoms with E-state index < -0.39 is 0 Å². The number of nitrogens with zero attached hydrogens (tertiary/aromatic N) is 4. The SMILES string of the molecule is C=N/C=C\N1CC(c2c(Cl)c(OC)cc(OC)c2Cl)=Cc2cnc(-c3cc(NC=O)c(N4CCC5(CCCO5)CC4)cc3OC)cc21. The number of rotatable bonds is 10.